The Morgan fingerprint density at radius 1 is 1.22 bits per heavy atom. The molecule has 1 heterocycles. The van der Waals surface area contributed by atoms with Crippen molar-refractivity contribution in [3.05, 3.63) is 46.7 Å². The average Bonchev–Trinajstić information content (AvgIpc) is 2.40. The zero-order valence-electron chi connectivity index (χ0n) is 10.2. The van der Waals surface area contributed by atoms with Gasteiger partial charge in [-0.15, -0.1) is 0 Å². The maximum atomic E-state index is 5.74. The summed E-state index contributed by atoms with van der Waals surface area (Å²) in [4.78, 5) is 10.2. The van der Waals surface area contributed by atoms with E-state index in [0.717, 1.165) is 23.3 Å². The molecule has 0 bridgehead atoms. The number of benzene rings is 1. The predicted molar refractivity (Wildman–Crippen MR) is 77.6 cm³/mol. The molecule has 0 aliphatic carbocycles. The third-order valence-electron chi connectivity index (χ3n) is 2.74. The van der Waals surface area contributed by atoms with Gasteiger partial charge >= 0.3 is 0 Å². The van der Waals surface area contributed by atoms with E-state index >= 15 is 0 Å². The fourth-order valence-electron chi connectivity index (χ4n) is 1.69. The number of nitrogen functional groups attached to an aromatic ring is 1. The minimum absolute atomic E-state index is 0.464. The molecule has 1 aromatic heterocycles. The van der Waals surface area contributed by atoms with Crippen molar-refractivity contribution < 1.29 is 0 Å². The van der Waals surface area contributed by atoms with Gasteiger partial charge in [0.15, 0.2) is 0 Å². The lowest BCUT2D eigenvalue weighted by Crippen LogP contribution is -2.22. The molecule has 4 nitrogen and oxygen atoms in total. The first-order valence-corrected chi connectivity index (χ1v) is 6.49. The largest absolute Gasteiger partial charge is 0.383 e. The number of likely N-dealkylation sites (N-methyl/N-ethyl adjacent to an activating group) is 1. The molecule has 0 saturated heterocycles. The highest BCUT2D eigenvalue weighted by Crippen LogP contribution is 2.26. The van der Waals surface area contributed by atoms with Crippen LogP contribution in [0, 0.1) is 0 Å². The lowest BCUT2D eigenvalue weighted by atomic mass is 10.1. The van der Waals surface area contributed by atoms with Crippen LogP contribution in [0.1, 0.15) is 5.56 Å². The minimum atomic E-state index is 0.464. The van der Waals surface area contributed by atoms with Crippen molar-refractivity contribution in [1.29, 1.82) is 0 Å². The van der Waals surface area contributed by atoms with Crippen molar-refractivity contribution in [3.8, 4) is 0 Å². The highest BCUT2D eigenvalue weighted by atomic mass is 79.9. The highest BCUT2D eigenvalue weighted by molar-refractivity contribution is 9.10. The molecule has 0 atom stereocenters. The highest BCUT2D eigenvalue weighted by Gasteiger charge is 2.10. The lowest BCUT2D eigenvalue weighted by molar-refractivity contribution is 0.853. The maximum absolute atomic E-state index is 5.74. The number of anilines is 2. The summed E-state index contributed by atoms with van der Waals surface area (Å²) >= 11 is 3.42. The van der Waals surface area contributed by atoms with Crippen LogP contribution in [0.4, 0.5) is 11.6 Å². The summed E-state index contributed by atoms with van der Waals surface area (Å²) in [6.07, 6.45) is 2.45. The van der Waals surface area contributed by atoms with E-state index in [2.05, 4.69) is 42.9 Å². The van der Waals surface area contributed by atoms with Gasteiger partial charge in [0, 0.05) is 13.6 Å². The van der Waals surface area contributed by atoms with E-state index in [1.807, 2.05) is 25.2 Å². The van der Waals surface area contributed by atoms with Crippen LogP contribution in [-0.4, -0.2) is 23.6 Å². The minimum Gasteiger partial charge on any atom is -0.383 e. The molecule has 2 N–H and O–H groups in total. The predicted octanol–water partition coefficient (Wildman–Crippen LogP) is 2.50. The van der Waals surface area contributed by atoms with Crippen LogP contribution in [-0.2, 0) is 6.42 Å². The second-order valence-corrected chi connectivity index (χ2v) is 4.85. The van der Waals surface area contributed by atoms with Gasteiger partial charge in [-0.1, -0.05) is 30.3 Å². The standard InChI is InChI=1S/C13H15BrN4/c1-18(8-7-10-5-3-2-4-6-10)13-11(14)12(15)16-9-17-13/h2-6,9H,7-8H2,1H3,(H2,15,16,17). The van der Waals surface area contributed by atoms with Gasteiger partial charge < -0.3 is 10.6 Å². The van der Waals surface area contributed by atoms with Crippen LogP contribution in [0.5, 0.6) is 0 Å². The first-order valence-electron chi connectivity index (χ1n) is 5.69. The van der Waals surface area contributed by atoms with Crippen molar-refractivity contribution in [3.63, 3.8) is 0 Å². The van der Waals surface area contributed by atoms with Crippen LogP contribution in [0.3, 0.4) is 0 Å². The zero-order valence-corrected chi connectivity index (χ0v) is 11.8. The molecular formula is C13H15BrN4. The zero-order chi connectivity index (χ0) is 13.0. The summed E-state index contributed by atoms with van der Waals surface area (Å²) < 4.78 is 0.751. The molecule has 0 aliphatic rings. The Balaban J connectivity index is 2.04. The molecule has 18 heavy (non-hydrogen) atoms. The van der Waals surface area contributed by atoms with Gasteiger partial charge in [0.25, 0.3) is 0 Å². The Hall–Kier alpha value is -1.62. The molecule has 0 unspecified atom stereocenters. The number of nitrogens with zero attached hydrogens (tertiary/aromatic N) is 3. The van der Waals surface area contributed by atoms with Crippen molar-refractivity contribution in [2.24, 2.45) is 0 Å². The lowest BCUT2D eigenvalue weighted by Gasteiger charge is -2.19. The molecule has 0 saturated carbocycles. The third-order valence-corrected chi connectivity index (χ3v) is 3.50. The summed E-state index contributed by atoms with van der Waals surface area (Å²) in [7, 11) is 2.00. The number of halogens is 1. The summed E-state index contributed by atoms with van der Waals surface area (Å²) in [6, 6.07) is 10.4. The van der Waals surface area contributed by atoms with Crippen molar-refractivity contribution in [2.45, 2.75) is 6.42 Å². The van der Waals surface area contributed by atoms with E-state index < -0.39 is 0 Å². The SMILES string of the molecule is CN(CCc1ccccc1)c1ncnc(N)c1Br. The van der Waals surface area contributed by atoms with E-state index in [1.54, 1.807) is 0 Å². The number of nitrogens with two attached hydrogens (primary N) is 1. The fourth-order valence-corrected chi connectivity index (χ4v) is 2.19. The van der Waals surface area contributed by atoms with E-state index in [1.165, 1.54) is 11.9 Å². The van der Waals surface area contributed by atoms with Crippen LogP contribution in [0.25, 0.3) is 0 Å². The molecule has 2 rings (SSSR count). The maximum Gasteiger partial charge on any atom is 0.148 e. The molecule has 5 heteroatoms. The van der Waals surface area contributed by atoms with Gasteiger partial charge in [-0.3, -0.25) is 0 Å². The van der Waals surface area contributed by atoms with E-state index in [-0.39, 0.29) is 0 Å². The molecule has 0 aliphatic heterocycles. The van der Waals surface area contributed by atoms with Crippen molar-refractivity contribution in [2.75, 3.05) is 24.2 Å². The van der Waals surface area contributed by atoms with Crippen molar-refractivity contribution in [1.82, 2.24) is 9.97 Å². The molecular weight excluding hydrogens is 292 g/mol. The number of rotatable bonds is 4. The van der Waals surface area contributed by atoms with Gasteiger partial charge in [-0.25, -0.2) is 9.97 Å². The van der Waals surface area contributed by atoms with Gasteiger partial charge in [0.05, 0.1) is 0 Å². The van der Waals surface area contributed by atoms with Gasteiger partial charge in [0.2, 0.25) is 0 Å². The normalized spacial score (nSPS) is 10.3. The first-order chi connectivity index (χ1) is 8.68. The number of hydrogen-bond acceptors (Lipinski definition) is 4. The Kier molecular flexibility index (Phi) is 4.15. The smallest absolute Gasteiger partial charge is 0.148 e. The van der Waals surface area contributed by atoms with Crippen LogP contribution in [0.2, 0.25) is 0 Å². The second-order valence-electron chi connectivity index (χ2n) is 4.05. The summed E-state index contributed by atoms with van der Waals surface area (Å²) in [5.74, 6) is 1.28. The van der Waals surface area contributed by atoms with E-state index in [4.69, 9.17) is 5.73 Å². The summed E-state index contributed by atoms with van der Waals surface area (Å²) in [6.45, 7) is 0.874. The third kappa shape index (κ3) is 2.98. The molecule has 94 valence electrons. The fraction of sp³-hybridized carbons (Fsp3) is 0.231. The Labute approximate surface area is 115 Å². The topological polar surface area (TPSA) is 55.0 Å². The van der Waals surface area contributed by atoms with E-state index in [9.17, 15) is 0 Å². The summed E-state index contributed by atoms with van der Waals surface area (Å²) in [5.41, 5.74) is 7.05. The first kappa shape index (κ1) is 12.8. The van der Waals surface area contributed by atoms with Gasteiger partial charge in [0.1, 0.15) is 22.4 Å². The Bertz CT molecular complexity index is 516. The van der Waals surface area contributed by atoms with Gasteiger partial charge in [-0.2, -0.15) is 0 Å². The second kappa shape index (κ2) is 5.82. The van der Waals surface area contributed by atoms with Crippen LogP contribution < -0.4 is 10.6 Å². The van der Waals surface area contributed by atoms with Gasteiger partial charge in [-0.05, 0) is 27.9 Å². The average molecular weight is 307 g/mol. The molecule has 0 amide bonds. The molecule has 0 spiro atoms. The molecule has 2 aromatic rings. The Morgan fingerprint density at radius 3 is 2.67 bits per heavy atom. The number of aromatic nitrogens is 2. The molecule has 0 fully saturated rings. The monoisotopic (exact) mass is 306 g/mol. The van der Waals surface area contributed by atoms with Crippen LogP contribution in [0.15, 0.2) is 41.1 Å². The quantitative estimate of drug-likeness (QED) is 0.943. The van der Waals surface area contributed by atoms with Crippen molar-refractivity contribution >= 4 is 27.6 Å². The summed E-state index contributed by atoms with van der Waals surface area (Å²) in [5, 5.41) is 0. The Morgan fingerprint density at radius 2 is 1.94 bits per heavy atom. The van der Waals surface area contributed by atoms with Crippen LogP contribution >= 0.6 is 15.9 Å². The molecule has 1 aromatic carbocycles. The van der Waals surface area contributed by atoms with E-state index in [0.29, 0.717) is 5.82 Å². The number of hydrogen-bond donors (Lipinski definition) is 1. The molecule has 0 radical (unpaired) electrons.